The van der Waals surface area contributed by atoms with Crippen LogP contribution in [0.2, 0.25) is 0 Å². The first-order valence-electron chi connectivity index (χ1n) is 7.06. The highest BCUT2D eigenvalue weighted by Crippen LogP contribution is 2.34. The lowest BCUT2D eigenvalue weighted by Gasteiger charge is -2.29. The minimum absolute atomic E-state index is 0.214. The zero-order valence-corrected chi connectivity index (χ0v) is 12.4. The van der Waals surface area contributed by atoms with Crippen LogP contribution in [0, 0.1) is 11.3 Å². The smallest absolute Gasteiger partial charge is 0.234 e. The van der Waals surface area contributed by atoms with Crippen molar-refractivity contribution in [1.29, 1.82) is 0 Å². The predicted molar refractivity (Wildman–Crippen MR) is 80.5 cm³/mol. The van der Waals surface area contributed by atoms with Crippen LogP contribution < -0.4 is 10.2 Å². The zero-order chi connectivity index (χ0) is 14.0. The summed E-state index contributed by atoms with van der Waals surface area (Å²) < 4.78 is 0. The minimum atomic E-state index is -0.365. The van der Waals surface area contributed by atoms with Gasteiger partial charge in [0.15, 0.2) is 0 Å². The van der Waals surface area contributed by atoms with E-state index in [1.54, 1.807) is 0 Å². The molecule has 0 aliphatic carbocycles. The quantitative estimate of drug-likeness (QED) is 0.902. The molecule has 0 fully saturated rings. The number of para-hydroxylation sites is 2. The lowest BCUT2D eigenvalue weighted by atomic mass is 9.91. The third-order valence-electron chi connectivity index (χ3n) is 3.67. The van der Waals surface area contributed by atoms with Crippen LogP contribution in [0.3, 0.4) is 0 Å². The van der Waals surface area contributed by atoms with Crippen molar-refractivity contribution in [2.24, 2.45) is 11.3 Å². The minimum Gasteiger partial charge on any atom is -0.382 e. The Hall–Kier alpha value is -1.51. The van der Waals surface area contributed by atoms with Crippen LogP contribution in [0.25, 0.3) is 0 Å². The molecule has 0 spiro atoms. The molecule has 1 N–H and O–H groups in total. The second kappa shape index (κ2) is 5.24. The summed E-state index contributed by atoms with van der Waals surface area (Å²) in [5.74, 6) is 0.810. The zero-order valence-electron chi connectivity index (χ0n) is 12.4. The van der Waals surface area contributed by atoms with E-state index in [9.17, 15) is 4.79 Å². The van der Waals surface area contributed by atoms with E-state index in [4.69, 9.17) is 0 Å². The van der Waals surface area contributed by atoms with Crippen molar-refractivity contribution >= 4 is 17.3 Å². The number of fused-ring (bicyclic) bond motifs is 1. The van der Waals surface area contributed by atoms with Crippen molar-refractivity contribution < 1.29 is 4.79 Å². The molecule has 1 aliphatic rings. The van der Waals surface area contributed by atoms with Gasteiger partial charge in [-0.1, -0.05) is 26.0 Å². The van der Waals surface area contributed by atoms with Crippen molar-refractivity contribution in [3.05, 3.63) is 24.3 Å². The van der Waals surface area contributed by atoms with E-state index < -0.39 is 0 Å². The van der Waals surface area contributed by atoms with Gasteiger partial charge in [0.05, 0.1) is 16.8 Å². The monoisotopic (exact) mass is 260 g/mol. The topological polar surface area (TPSA) is 32.3 Å². The molecule has 1 heterocycles. The van der Waals surface area contributed by atoms with Gasteiger partial charge >= 0.3 is 0 Å². The largest absolute Gasteiger partial charge is 0.382 e. The fourth-order valence-corrected chi connectivity index (χ4v) is 2.33. The summed E-state index contributed by atoms with van der Waals surface area (Å²) in [6.45, 7) is 9.88. The first-order valence-corrected chi connectivity index (χ1v) is 7.06. The average Bonchev–Trinajstić information content (AvgIpc) is 2.45. The normalized spacial score (nSPS) is 17.9. The SMILES string of the molecule is CC(C)CCN1C(=O)C(C)(C)CNc2ccccc21. The summed E-state index contributed by atoms with van der Waals surface area (Å²) in [6, 6.07) is 8.08. The molecule has 1 amide bonds. The lowest BCUT2D eigenvalue weighted by Crippen LogP contribution is -2.43. The van der Waals surface area contributed by atoms with Gasteiger partial charge in [-0.3, -0.25) is 4.79 Å². The maximum absolute atomic E-state index is 12.7. The molecule has 104 valence electrons. The summed E-state index contributed by atoms with van der Waals surface area (Å²) in [7, 11) is 0. The van der Waals surface area contributed by atoms with E-state index in [-0.39, 0.29) is 11.3 Å². The van der Waals surface area contributed by atoms with Crippen molar-refractivity contribution in [1.82, 2.24) is 0 Å². The van der Waals surface area contributed by atoms with Crippen molar-refractivity contribution in [2.75, 3.05) is 23.3 Å². The predicted octanol–water partition coefficient (Wildman–Crippen LogP) is 3.52. The van der Waals surface area contributed by atoms with Crippen LogP contribution in [0.1, 0.15) is 34.1 Å². The third-order valence-corrected chi connectivity index (χ3v) is 3.67. The fourth-order valence-electron chi connectivity index (χ4n) is 2.33. The molecule has 0 radical (unpaired) electrons. The lowest BCUT2D eigenvalue weighted by molar-refractivity contribution is -0.125. The molecule has 1 aliphatic heterocycles. The standard InChI is InChI=1S/C16H24N2O/c1-12(2)9-10-18-14-8-6-5-7-13(14)17-11-16(3,4)15(18)19/h5-8,12,17H,9-11H2,1-4H3. The molecule has 0 atom stereocenters. The molecule has 3 heteroatoms. The van der Waals surface area contributed by atoms with Crippen LogP contribution in [0.5, 0.6) is 0 Å². The summed E-state index contributed by atoms with van der Waals surface area (Å²) in [5.41, 5.74) is 1.71. The Balaban J connectivity index is 2.36. The first kappa shape index (κ1) is 13.9. The second-order valence-corrected chi connectivity index (χ2v) is 6.39. The summed E-state index contributed by atoms with van der Waals surface area (Å²) in [6.07, 6.45) is 1.02. The van der Waals surface area contributed by atoms with E-state index >= 15 is 0 Å². The number of carbonyl (C=O) groups is 1. The Labute approximate surface area is 116 Å². The number of hydrogen-bond acceptors (Lipinski definition) is 2. The third kappa shape index (κ3) is 2.91. The number of nitrogens with zero attached hydrogens (tertiary/aromatic N) is 1. The van der Waals surface area contributed by atoms with E-state index in [0.717, 1.165) is 24.3 Å². The molecule has 0 saturated carbocycles. The summed E-state index contributed by atoms with van der Waals surface area (Å²) in [4.78, 5) is 14.7. The molecular formula is C16H24N2O. The Morgan fingerprint density at radius 3 is 2.68 bits per heavy atom. The highest BCUT2D eigenvalue weighted by Gasteiger charge is 2.36. The van der Waals surface area contributed by atoms with Crippen molar-refractivity contribution in [3.8, 4) is 0 Å². The maximum Gasteiger partial charge on any atom is 0.234 e. The van der Waals surface area contributed by atoms with E-state index in [0.29, 0.717) is 12.5 Å². The van der Waals surface area contributed by atoms with Crippen LogP contribution in [0.4, 0.5) is 11.4 Å². The van der Waals surface area contributed by atoms with Gasteiger partial charge in [-0.2, -0.15) is 0 Å². The molecule has 0 unspecified atom stereocenters. The number of anilines is 2. The molecule has 0 saturated heterocycles. The number of carbonyl (C=O) groups excluding carboxylic acids is 1. The Morgan fingerprint density at radius 1 is 1.32 bits per heavy atom. The van der Waals surface area contributed by atoms with Gasteiger partial charge in [-0.05, 0) is 38.3 Å². The molecule has 1 aromatic carbocycles. The van der Waals surface area contributed by atoms with Crippen LogP contribution in [-0.4, -0.2) is 19.0 Å². The van der Waals surface area contributed by atoms with Gasteiger partial charge in [0.25, 0.3) is 0 Å². The van der Waals surface area contributed by atoms with Crippen molar-refractivity contribution in [2.45, 2.75) is 34.1 Å². The van der Waals surface area contributed by atoms with Gasteiger partial charge in [0.2, 0.25) is 5.91 Å². The van der Waals surface area contributed by atoms with Crippen molar-refractivity contribution in [3.63, 3.8) is 0 Å². The number of benzene rings is 1. The number of nitrogens with one attached hydrogen (secondary N) is 1. The van der Waals surface area contributed by atoms with Gasteiger partial charge < -0.3 is 10.2 Å². The van der Waals surface area contributed by atoms with Crippen LogP contribution in [0.15, 0.2) is 24.3 Å². The van der Waals surface area contributed by atoms with Gasteiger partial charge in [0.1, 0.15) is 0 Å². The number of amides is 1. The fraction of sp³-hybridized carbons (Fsp3) is 0.562. The molecular weight excluding hydrogens is 236 g/mol. The van der Waals surface area contributed by atoms with Gasteiger partial charge in [0, 0.05) is 13.1 Å². The molecule has 1 aromatic rings. The Kier molecular flexibility index (Phi) is 3.83. The molecule has 0 aromatic heterocycles. The molecule has 0 bridgehead atoms. The first-order chi connectivity index (χ1) is 8.92. The number of rotatable bonds is 3. The summed E-state index contributed by atoms with van der Waals surface area (Å²) >= 11 is 0. The van der Waals surface area contributed by atoms with Gasteiger partial charge in [-0.15, -0.1) is 0 Å². The highest BCUT2D eigenvalue weighted by atomic mass is 16.2. The van der Waals surface area contributed by atoms with Crippen LogP contribution in [-0.2, 0) is 4.79 Å². The average molecular weight is 260 g/mol. The summed E-state index contributed by atoms with van der Waals surface area (Å²) in [5, 5.41) is 3.40. The van der Waals surface area contributed by atoms with E-state index in [1.165, 1.54) is 0 Å². The highest BCUT2D eigenvalue weighted by molar-refractivity contribution is 6.01. The number of hydrogen-bond donors (Lipinski definition) is 1. The Bertz CT molecular complexity index is 466. The second-order valence-electron chi connectivity index (χ2n) is 6.39. The molecule has 2 rings (SSSR count). The molecule has 3 nitrogen and oxygen atoms in total. The van der Waals surface area contributed by atoms with E-state index in [2.05, 4.69) is 19.2 Å². The van der Waals surface area contributed by atoms with Gasteiger partial charge in [-0.25, -0.2) is 0 Å². The van der Waals surface area contributed by atoms with E-state index in [1.807, 2.05) is 43.0 Å². The Morgan fingerprint density at radius 2 is 2.00 bits per heavy atom. The maximum atomic E-state index is 12.7. The van der Waals surface area contributed by atoms with Crippen LogP contribution >= 0.6 is 0 Å². The molecule has 19 heavy (non-hydrogen) atoms.